The van der Waals surface area contributed by atoms with Gasteiger partial charge in [-0.3, -0.25) is 0 Å². The van der Waals surface area contributed by atoms with Crippen molar-refractivity contribution in [2.24, 2.45) is 0 Å². The third kappa shape index (κ3) is 38.6. The van der Waals surface area contributed by atoms with Gasteiger partial charge in [0.25, 0.3) is 0 Å². The van der Waals surface area contributed by atoms with Gasteiger partial charge in [-0.25, -0.2) is 0 Å². The van der Waals surface area contributed by atoms with Crippen LogP contribution in [0, 0.1) is 0 Å². The summed E-state index contributed by atoms with van der Waals surface area (Å²) >= 11 is 0. The van der Waals surface area contributed by atoms with Crippen molar-refractivity contribution in [2.45, 2.75) is 311 Å². The maximum absolute atomic E-state index is 2.79. The summed E-state index contributed by atoms with van der Waals surface area (Å²) in [6, 6.07) is 5.59. The number of hydrogen-bond acceptors (Lipinski definition) is 0. The van der Waals surface area contributed by atoms with Crippen LogP contribution >= 0.6 is 0 Å². The van der Waals surface area contributed by atoms with Gasteiger partial charge in [0.05, 0.1) is 82.6 Å². The van der Waals surface area contributed by atoms with E-state index in [1.54, 1.807) is 22.3 Å². The zero-order valence-corrected chi connectivity index (χ0v) is 50.9. The molecule has 1 rings (SSSR count). The van der Waals surface area contributed by atoms with Crippen molar-refractivity contribution in [3.63, 3.8) is 0 Å². The van der Waals surface area contributed by atoms with Crippen LogP contribution in [0.2, 0.25) is 0 Å². The number of rotatable bonds is 52. The molecule has 0 unspecified atom stereocenters. The largest absolute Gasteiger partial charge is 0.325 e. The van der Waals surface area contributed by atoms with Gasteiger partial charge in [0, 0.05) is 22.3 Å². The van der Waals surface area contributed by atoms with Crippen molar-refractivity contribution in [3.8, 4) is 0 Å². The maximum Gasteiger partial charge on any atom is 0.104 e. The second kappa shape index (κ2) is 42.3. The predicted octanol–water partition coefficient (Wildman–Crippen LogP) is 19.7. The van der Waals surface area contributed by atoms with E-state index in [4.69, 9.17) is 0 Å². The summed E-state index contributed by atoms with van der Waals surface area (Å²) in [5, 5.41) is 0. The fourth-order valence-corrected chi connectivity index (χ4v) is 11.7. The van der Waals surface area contributed by atoms with Gasteiger partial charge in [0.15, 0.2) is 0 Å². The molecule has 0 bridgehead atoms. The van der Waals surface area contributed by atoms with E-state index >= 15 is 0 Å². The van der Waals surface area contributed by atoms with Gasteiger partial charge in [0.2, 0.25) is 0 Å². The Morgan fingerprint density at radius 1 is 0.200 bits per heavy atom. The highest BCUT2D eigenvalue weighted by molar-refractivity contribution is 5.38. The Hall–Kier alpha value is -0.940. The van der Waals surface area contributed by atoms with E-state index in [0.717, 1.165) is 44.1 Å². The van der Waals surface area contributed by atoms with Gasteiger partial charge in [-0.05, 0) is 63.5 Å². The Morgan fingerprint density at radius 3 is 0.471 bits per heavy atom. The average Bonchev–Trinajstić information content (AvgIpc) is 3.29. The first-order valence-corrected chi connectivity index (χ1v) is 32.0. The van der Waals surface area contributed by atoms with Crippen molar-refractivity contribution in [1.29, 1.82) is 0 Å². The monoisotopic (exact) mass is 983 g/mol. The van der Waals surface area contributed by atoms with Gasteiger partial charge in [-0.15, -0.1) is 0 Å². The Morgan fingerprint density at radius 2 is 0.329 bits per heavy atom. The van der Waals surface area contributed by atoms with E-state index in [2.05, 4.69) is 96.2 Å². The third-order valence-corrected chi connectivity index (χ3v) is 16.4. The first-order valence-electron chi connectivity index (χ1n) is 32.0. The molecule has 0 radical (unpaired) electrons. The van der Waals surface area contributed by atoms with Crippen LogP contribution < -0.4 is 0 Å². The van der Waals surface area contributed by atoms with Crippen molar-refractivity contribution >= 4 is 0 Å². The molecule has 0 spiro atoms. The first kappa shape index (κ1) is 67.1. The highest BCUT2D eigenvalue weighted by Gasteiger charge is 2.29. The molecule has 70 heavy (non-hydrogen) atoms. The molecule has 0 aliphatic rings. The zero-order valence-electron chi connectivity index (χ0n) is 50.9. The fourth-order valence-electron chi connectivity index (χ4n) is 11.7. The summed E-state index contributed by atoms with van der Waals surface area (Å²) in [6.07, 6.45) is 56.6. The van der Waals surface area contributed by atoms with Crippen LogP contribution in [0.25, 0.3) is 0 Å². The van der Waals surface area contributed by atoms with Gasteiger partial charge in [-0.2, -0.15) is 0 Å². The minimum Gasteiger partial charge on any atom is -0.325 e. The molecule has 0 saturated carbocycles. The molecule has 0 atom stereocenters. The van der Waals surface area contributed by atoms with E-state index in [-0.39, 0.29) is 0 Å². The standard InChI is InChI=1S/C66H134N4/c1-13-17-21-25-29-33-37-41-45-49-53-67(5,6)59-63-57-65(61-69(9,10)55-51-47-43-39-35-31-27-23-19-15-3)66(62-70(11,12)56-52-48-44-40-36-32-28-24-20-16-4)58-64(63)60-68(7,8)54-50-46-42-38-34-30-26-22-18-14-2/h57-58H,13-56,59-62H2,1-12H3/q+4. The molecule has 0 fully saturated rings. The van der Waals surface area contributed by atoms with Crippen LogP contribution in [0.4, 0.5) is 0 Å². The molecule has 0 heterocycles. The maximum atomic E-state index is 2.79. The molecule has 414 valence electrons. The lowest BCUT2D eigenvalue weighted by Crippen LogP contribution is -2.44. The van der Waals surface area contributed by atoms with Crippen molar-refractivity contribution in [3.05, 3.63) is 34.4 Å². The molecule has 0 aliphatic carbocycles. The number of quaternary nitrogens is 4. The fraction of sp³-hybridized carbons (Fsp3) is 0.909. The summed E-state index contributed by atoms with van der Waals surface area (Å²) in [6.45, 7) is 19.1. The smallest absolute Gasteiger partial charge is 0.104 e. The third-order valence-electron chi connectivity index (χ3n) is 16.4. The Kier molecular flexibility index (Phi) is 40.5. The molecule has 0 N–H and O–H groups in total. The number of benzene rings is 1. The van der Waals surface area contributed by atoms with E-state index < -0.39 is 0 Å². The highest BCUT2D eigenvalue weighted by Crippen LogP contribution is 2.29. The van der Waals surface area contributed by atoms with Gasteiger partial charge in [-0.1, -0.05) is 233 Å². The van der Waals surface area contributed by atoms with Crippen LogP contribution in [0.15, 0.2) is 12.1 Å². The van der Waals surface area contributed by atoms with E-state index in [0.29, 0.717) is 0 Å². The summed E-state index contributed by atoms with van der Waals surface area (Å²) in [7, 11) is 20.4. The Bertz CT molecular complexity index is 1120. The Labute approximate surface area is 443 Å². The van der Waals surface area contributed by atoms with E-state index in [9.17, 15) is 0 Å². The lowest BCUT2D eigenvalue weighted by Gasteiger charge is -2.36. The van der Waals surface area contributed by atoms with Crippen molar-refractivity contribution in [1.82, 2.24) is 0 Å². The highest BCUT2D eigenvalue weighted by atomic mass is 15.3. The molecule has 4 nitrogen and oxygen atoms in total. The van der Waals surface area contributed by atoms with E-state index in [1.165, 1.54) is 283 Å². The van der Waals surface area contributed by atoms with Crippen molar-refractivity contribution < 1.29 is 17.9 Å². The van der Waals surface area contributed by atoms with Crippen LogP contribution in [0.1, 0.15) is 307 Å². The predicted molar refractivity (Wildman–Crippen MR) is 317 cm³/mol. The molecule has 0 aliphatic heterocycles. The second-order valence-corrected chi connectivity index (χ2v) is 26.4. The minimum atomic E-state index is 1.10. The average molecular weight is 984 g/mol. The summed E-state index contributed by atoms with van der Waals surface area (Å²) < 4.78 is 4.41. The van der Waals surface area contributed by atoms with Gasteiger partial charge in [0.1, 0.15) is 26.2 Å². The molecule has 0 saturated heterocycles. The first-order chi connectivity index (χ1) is 33.6. The molecule has 4 heteroatoms. The number of hydrogen-bond donors (Lipinski definition) is 0. The zero-order chi connectivity index (χ0) is 51.7. The summed E-state index contributed by atoms with van der Waals surface area (Å²) in [4.78, 5) is 0. The van der Waals surface area contributed by atoms with Crippen LogP contribution in [0.3, 0.4) is 0 Å². The summed E-state index contributed by atoms with van der Waals surface area (Å²) in [5.74, 6) is 0. The second-order valence-electron chi connectivity index (χ2n) is 26.4. The van der Waals surface area contributed by atoms with E-state index in [1.807, 2.05) is 0 Å². The molecule has 1 aromatic rings. The molecular formula is C66H134N4+4. The minimum absolute atomic E-state index is 1.10. The molecule has 0 amide bonds. The van der Waals surface area contributed by atoms with Gasteiger partial charge >= 0.3 is 0 Å². The van der Waals surface area contributed by atoms with Crippen LogP contribution in [0.5, 0.6) is 0 Å². The number of nitrogens with zero attached hydrogens (tertiary/aromatic N) is 4. The molecule has 0 aromatic heterocycles. The molecule has 1 aromatic carbocycles. The molecular weight excluding hydrogens is 849 g/mol. The normalized spacial score (nSPS) is 12.7. The lowest BCUT2D eigenvalue weighted by molar-refractivity contribution is -0.908. The quantitative estimate of drug-likeness (QED) is 0.0451. The number of unbranched alkanes of at least 4 members (excludes halogenated alkanes) is 36. The van der Waals surface area contributed by atoms with Gasteiger partial charge < -0.3 is 17.9 Å². The topological polar surface area (TPSA) is 0 Å². The Balaban J connectivity index is 3.30. The SMILES string of the molecule is CCCCCCCCCCCC[N+](C)(C)Cc1cc(C[N+](C)(C)CCCCCCCCCCCC)c(C[N+](C)(C)CCCCCCCCCCCC)cc1C[N+](C)(C)CCCCCCCCCCCC. The lowest BCUT2D eigenvalue weighted by atomic mass is 9.94. The van der Waals surface area contributed by atoms with Crippen LogP contribution in [-0.4, -0.2) is 100 Å². The van der Waals surface area contributed by atoms with Crippen molar-refractivity contribution in [2.75, 3.05) is 82.6 Å². The van der Waals surface area contributed by atoms with Crippen LogP contribution in [-0.2, 0) is 26.2 Å². The summed E-state index contributed by atoms with van der Waals surface area (Å²) in [5.41, 5.74) is 6.63.